The van der Waals surface area contributed by atoms with Crippen molar-refractivity contribution in [2.24, 2.45) is 0 Å². The molecule has 0 aromatic heterocycles. The fourth-order valence-electron chi connectivity index (χ4n) is 4.36. The third kappa shape index (κ3) is 10.0. The minimum Gasteiger partial charge on any atom is -0.508 e. The molecule has 0 heterocycles. The molecule has 44 heavy (non-hydrogen) atoms. The van der Waals surface area contributed by atoms with Crippen LogP contribution in [0.25, 0.3) is 0 Å². The minimum absolute atomic E-state index is 0.0377. The molecule has 0 aliphatic rings. The minimum atomic E-state index is -1.83. The van der Waals surface area contributed by atoms with Crippen LogP contribution in [0.5, 0.6) is 11.5 Å². The molecule has 0 fully saturated rings. The highest BCUT2D eigenvalue weighted by Crippen LogP contribution is 2.18. The Labute approximate surface area is 257 Å². The van der Waals surface area contributed by atoms with Crippen molar-refractivity contribution in [3.8, 4) is 11.5 Å². The predicted molar refractivity (Wildman–Crippen MR) is 164 cm³/mol. The van der Waals surface area contributed by atoms with Gasteiger partial charge in [-0.3, -0.25) is 9.69 Å². The van der Waals surface area contributed by atoms with Crippen LogP contribution in [0.15, 0.2) is 72.8 Å². The molecule has 3 rings (SSSR count). The lowest BCUT2D eigenvalue weighted by Gasteiger charge is -2.31. The second kappa shape index (κ2) is 15.3. The largest absolute Gasteiger partial charge is 0.508 e. The summed E-state index contributed by atoms with van der Waals surface area (Å²) in [6, 6.07) is 17.5. The summed E-state index contributed by atoms with van der Waals surface area (Å²) in [5.74, 6) is -1.09. The molecule has 0 saturated carbocycles. The number of benzene rings is 3. The number of phenols is 1. The number of nitrogens with zero attached hydrogens (tertiary/aromatic N) is 1. The van der Waals surface area contributed by atoms with Gasteiger partial charge in [-0.2, -0.15) is 0 Å². The highest BCUT2D eigenvalue weighted by molar-refractivity contribution is 6.59. The number of esters is 1. The normalized spacial score (nSPS) is 12.4. The molecule has 3 aromatic rings. The van der Waals surface area contributed by atoms with Gasteiger partial charge < -0.3 is 34.7 Å². The summed E-state index contributed by atoms with van der Waals surface area (Å²) in [6.07, 6.45) is -0.751. The standard InChI is InChI=1S/C32H39BN2O9/c1-32(2,3)44-31(39)35(4)27(19-21-11-14-24(36)15-12-21)29(37)34-26(30(38)43-20-22-9-7-6-8-10-22)18-23-13-16-28(42-5)25(17-23)33(40)41/h6-17,26-27,36,40-41H,18-20H2,1-5H3,(H,34,37)/t26-,27?/m1/s1. The van der Waals surface area contributed by atoms with E-state index in [2.05, 4.69) is 5.32 Å². The van der Waals surface area contributed by atoms with Crippen LogP contribution in [-0.4, -0.2) is 77.0 Å². The van der Waals surface area contributed by atoms with Gasteiger partial charge in [0.05, 0.1) is 7.11 Å². The molecule has 12 heteroatoms. The Morgan fingerprint density at radius 2 is 1.55 bits per heavy atom. The molecular formula is C32H39BN2O9. The lowest BCUT2D eigenvalue weighted by atomic mass is 9.78. The van der Waals surface area contributed by atoms with E-state index in [0.29, 0.717) is 11.1 Å². The van der Waals surface area contributed by atoms with E-state index < -0.39 is 42.8 Å². The second-order valence-corrected chi connectivity index (χ2v) is 11.3. The van der Waals surface area contributed by atoms with E-state index in [0.717, 1.165) is 10.5 Å². The van der Waals surface area contributed by atoms with Crippen molar-refractivity contribution in [2.75, 3.05) is 14.2 Å². The van der Waals surface area contributed by atoms with Crippen LogP contribution in [0.4, 0.5) is 4.79 Å². The molecule has 0 saturated heterocycles. The number of methoxy groups -OCH3 is 1. The summed E-state index contributed by atoms with van der Waals surface area (Å²) in [5.41, 5.74) is 1.15. The van der Waals surface area contributed by atoms with E-state index in [1.54, 1.807) is 51.1 Å². The third-order valence-electron chi connectivity index (χ3n) is 6.65. The van der Waals surface area contributed by atoms with E-state index in [1.165, 1.54) is 38.4 Å². The van der Waals surface area contributed by atoms with Gasteiger partial charge in [0.1, 0.15) is 35.8 Å². The third-order valence-corrected chi connectivity index (χ3v) is 6.65. The van der Waals surface area contributed by atoms with Crippen molar-refractivity contribution in [2.45, 2.75) is 57.9 Å². The number of rotatable bonds is 12. The van der Waals surface area contributed by atoms with Gasteiger partial charge in [-0.25, -0.2) is 9.59 Å². The number of ether oxygens (including phenoxy) is 3. The monoisotopic (exact) mass is 606 g/mol. The first-order valence-corrected chi connectivity index (χ1v) is 14.0. The molecular weight excluding hydrogens is 567 g/mol. The first-order valence-electron chi connectivity index (χ1n) is 14.0. The number of phenolic OH excluding ortho intramolecular Hbond substituents is 1. The van der Waals surface area contributed by atoms with Crippen molar-refractivity contribution in [1.29, 1.82) is 0 Å². The highest BCUT2D eigenvalue weighted by Gasteiger charge is 2.34. The molecule has 0 radical (unpaired) electrons. The van der Waals surface area contributed by atoms with Crippen molar-refractivity contribution >= 4 is 30.6 Å². The van der Waals surface area contributed by atoms with Gasteiger partial charge in [-0.15, -0.1) is 0 Å². The van der Waals surface area contributed by atoms with Crippen molar-refractivity contribution in [1.82, 2.24) is 10.2 Å². The summed E-state index contributed by atoms with van der Waals surface area (Å²) in [5, 5.41) is 32.1. The smallest absolute Gasteiger partial charge is 0.492 e. The molecule has 0 aliphatic heterocycles. The number of aromatic hydroxyl groups is 1. The molecule has 0 bridgehead atoms. The SMILES string of the molecule is COc1ccc(C[C@@H](NC(=O)C(Cc2ccc(O)cc2)N(C)C(=O)OC(C)(C)C)C(=O)OCc2ccccc2)cc1B(O)O. The van der Waals surface area contributed by atoms with E-state index >= 15 is 0 Å². The lowest BCUT2D eigenvalue weighted by Crippen LogP contribution is -2.54. The Morgan fingerprint density at radius 3 is 2.14 bits per heavy atom. The summed E-state index contributed by atoms with van der Waals surface area (Å²) < 4.78 is 16.3. The van der Waals surface area contributed by atoms with E-state index in [-0.39, 0.29) is 36.4 Å². The molecule has 3 aromatic carbocycles. The highest BCUT2D eigenvalue weighted by atomic mass is 16.6. The zero-order valence-corrected chi connectivity index (χ0v) is 25.5. The van der Waals surface area contributed by atoms with Gasteiger partial charge in [-0.05, 0) is 55.7 Å². The van der Waals surface area contributed by atoms with Crippen LogP contribution in [0.2, 0.25) is 0 Å². The Kier molecular flexibility index (Phi) is 11.8. The number of likely N-dealkylation sites (N-methyl/N-ethyl adjacent to an activating group) is 1. The predicted octanol–water partition coefficient (Wildman–Crippen LogP) is 2.33. The number of nitrogens with one attached hydrogen (secondary N) is 1. The maximum Gasteiger partial charge on any atom is 0.492 e. The quantitative estimate of drug-likeness (QED) is 0.180. The molecule has 1 unspecified atom stereocenters. The van der Waals surface area contributed by atoms with Gasteiger partial charge in [0.25, 0.3) is 0 Å². The zero-order chi connectivity index (χ0) is 32.4. The first kappa shape index (κ1) is 34.0. The molecule has 234 valence electrons. The average molecular weight is 606 g/mol. The summed E-state index contributed by atoms with van der Waals surface area (Å²) in [6.45, 7) is 5.08. The van der Waals surface area contributed by atoms with Crippen LogP contribution in [-0.2, 0) is 38.5 Å². The van der Waals surface area contributed by atoms with Crippen molar-refractivity contribution < 1.29 is 43.7 Å². The van der Waals surface area contributed by atoms with Crippen LogP contribution in [0.1, 0.15) is 37.5 Å². The molecule has 11 nitrogen and oxygen atoms in total. The number of amides is 2. The van der Waals surface area contributed by atoms with Crippen LogP contribution in [0, 0.1) is 0 Å². The number of hydrogen-bond donors (Lipinski definition) is 4. The maximum atomic E-state index is 13.9. The van der Waals surface area contributed by atoms with Gasteiger partial charge in [0.15, 0.2) is 0 Å². The van der Waals surface area contributed by atoms with Gasteiger partial charge >= 0.3 is 19.2 Å². The topological polar surface area (TPSA) is 155 Å². The average Bonchev–Trinajstić information content (AvgIpc) is 2.98. The Morgan fingerprint density at radius 1 is 0.909 bits per heavy atom. The van der Waals surface area contributed by atoms with Crippen molar-refractivity contribution in [3.63, 3.8) is 0 Å². The Hall–Kier alpha value is -4.55. The molecule has 0 spiro atoms. The van der Waals surface area contributed by atoms with E-state index in [4.69, 9.17) is 14.2 Å². The fraction of sp³-hybridized carbons (Fsp3) is 0.344. The number of carbonyl (C=O) groups is 3. The van der Waals surface area contributed by atoms with Crippen LogP contribution >= 0.6 is 0 Å². The zero-order valence-electron chi connectivity index (χ0n) is 25.5. The second-order valence-electron chi connectivity index (χ2n) is 11.3. The van der Waals surface area contributed by atoms with Crippen LogP contribution < -0.4 is 15.5 Å². The summed E-state index contributed by atoms with van der Waals surface area (Å²) in [4.78, 5) is 41.5. The lowest BCUT2D eigenvalue weighted by molar-refractivity contribution is -0.149. The maximum absolute atomic E-state index is 13.9. The van der Waals surface area contributed by atoms with E-state index in [9.17, 15) is 29.5 Å². The fourth-order valence-corrected chi connectivity index (χ4v) is 4.36. The molecule has 4 N–H and O–H groups in total. The Balaban J connectivity index is 1.92. The number of carbonyl (C=O) groups excluding carboxylic acids is 3. The van der Waals surface area contributed by atoms with Crippen molar-refractivity contribution in [3.05, 3.63) is 89.5 Å². The van der Waals surface area contributed by atoms with Gasteiger partial charge in [0, 0.05) is 25.4 Å². The Bertz CT molecular complexity index is 1410. The van der Waals surface area contributed by atoms with Gasteiger partial charge in [0.2, 0.25) is 5.91 Å². The molecule has 2 amide bonds. The number of hydrogen-bond acceptors (Lipinski definition) is 9. The summed E-state index contributed by atoms with van der Waals surface area (Å²) >= 11 is 0. The van der Waals surface area contributed by atoms with Gasteiger partial charge in [-0.1, -0.05) is 54.6 Å². The van der Waals surface area contributed by atoms with E-state index in [1.807, 2.05) is 18.2 Å². The first-order chi connectivity index (χ1) is 20.8. The molecule has 0 aliphatic carbocycles. The van der Waals surface area contributed by atoms with Crippen LogP contribution in [0.3, 0.4) is 0 Å². The molecule has 2 atom stereocenters. The summed E-state index contributed by atoms with van der Waals surface area (Å²) in [7, 11) is 0.986.